The van der Waals surface area contributed by atoms with E-state index >= 15 is 4.39 Å². The van der Waals surface area contributed by atoms with Gasteiger partial charge in [0, 0.05) is 31.9 Å². The molecule has 0 bridgehead atoms. The van der Waals surface area contributed by atoms with Gasteiger partial charge in [-0.15, -0.1) is 0 Å². The van der Waals surface area contributed by atoms with Crippen LogP contribution in [-0.4, -0.2) is 47.3 Å². The first kappa shape index (κ1) is 29.8. The Balaban J connectivity index is 2.03. The Bertz CT molecular complexity index is 1690. The summed E-state index contributed by atoms with van der Waals surface area (Å²) in [6.07, 6.45) is -4.54. The molecule has 1 aromatic carbocycles. The van der Waals surface area contributed by atoms with E-state index < -0.39 is 86.5 Å². The van der Waals surface area contributed by atoms with Gasteiger partial charge < -0.3 is 21.1 Å². The molecule has 0 radical (unpaired) electrons. The minimum absolute atomic E-state index is 0.147. The number of aromatic nitrogens is 2. The van der Waals surface area contributed by atoms with E-state index in [9.17, 15) is 40.7 Å². The van der Waals surface area contributed by atoms with Gasteiger partial charge in [-0.25, -0.2) is 32.1 Å². The lowest BCUT2D eigenvalue weighted by atomic mass is 10.0. The number of fused-ring (bicyclic) bond motifs is 1. The van der Waals surface area contributed by atoms with Crippen LogP contribution in [0.1, 0.15) is 23.2 Å². The number of benzene rings is 1. The van der Waals surface area contributed by atoms with Crippen molar-refractivity contribution in [2.75, 3.05) is 30.3 Å². The average Bonchev–Trinajstić information content (AvgIpc) is 2.90. The summed E-state index contributed by atoms with van der Waals surface area (Å²) in [5.41, 5.74) is 7.40. The molecule has 4 N–H and O–H groups in total. The van der Waals surface area contributed by atoms with Gasteiger partial charge >= 0.3 is 18.1 Å². The van der Waals surface area contributed by atoms with E-state index in [1.165, 1.54) is 4.90 Å². The third-order valence-electron chi connectivity index (χ3n) is 6.13. The van der Waals surface area contributed by atoms with Crippen LogP contribution < -0.4 is 21.8 Å². The first-order valence-corrected chi connectivity index (χ1v) is 11.9. The predicted octanol–water partition coefficient (Wildman–Crippen LogP) is 4.07. The van der Waals surface area contributed by atoms with Crippen molar-refractivity contribution in [1.29, 1.82) is 0 Å². The molecule has 1 saturated heterocycles. The second-order valence-corrected chi connectivity index (χ2v) is 9.11. The van der Waals surface area contributed by atoms with Crippen LogP contribution in [0.5, 0.6) is 0 Å². The maximum atomic E-state index is 15.5. The fourth-order valence-corrected chi connectivity index (χ4v) is 4.67. The number of pyridine rings is 2. The van der Waals surface area contributed by atoms with Crippen LogP contribution in [-0.2, 0) is 9.53 Å². The number of rotatable bonds is 4. The maximum Gasteiger partial charge on any atom is 0.491 e. The minimum Gasteiger partial charge on any atom is -0.382 e. The molecule has 218 valence electrons. The van der Waals surface area contributed by atoms with Gasteiger partial charge in [0.1, 0.15) is 17.2 Å². The first-order valence-electron chi connectivity index (χ1n) is 11.5. The van der Waals surface area contributed by atoms with Crippen molar-refractivity contribution in [2.45, 2.75) is 19.0 Å². The molecule has 2 aromatic heterocycles. The Morgan fingerprint density at radius 2 is 1.80 bits per heavy atom. The number of nitrogens with two attached hydrogens (primary N) is 2. The molecule has 0 atom stereocenters. The lowest BCUT2D eigenvalue weighted by molar-refractivity contribution is -0.193. The summed E-state index contributed by atoms with van der Waals surface area (Å²) in [6.45, 7) is -0.438. The van der Waals surface area contributed by atoms with Crippen LogP contribution in [0.15, 0.2) is 34.5 Å². The molecule has 41 heavy (non-hydrogen) atoms. The number of nitrogens with zero attached hydrogens (tertiary/aromatic N) is 3. The smallest absolute Gasteiger partial charge is 0.382 e. The number of hydrogen-bond donors (Lipinski definition) is 2. The third kappa shape index (κ3) is 5.56. The van der Waals surface area contributed by atoms with Crippen LogP contribution in [0.3, 0.4) is 0 Å². The molecular weight excluding hydrogens is 591 g/mol. The number of nitrogen functional groups attached to an aromatic ring is 1. The van der Waals surface area contributed by atoms with Gasteiger partial charge in [0.05, 0.1) is 21.6 Å². The van der Waals surface area contributed by atoms with E-state index in [1.54, 1.807) is 0 Å². The minimum atomic E-state index is -5.62. The Hall–Kier alpha value is -4.18. The molecule has 1 aliphatic rings. The summed E-state index contributed by atoms with van der Waals surface area (Å²) in [7, 11) is 0. The molecule has 1 fully saturated rings. The van der Waals surface area contributed by atoms with E-state index in [-0.39, 0.29) is 30.4 Å². The van der Waals surface area contributed by atoms with Crippen molar-refractivity contribution < 1.29 is 45.1 Å². The highest BCUT2D eigenvalue weighted by atomic mass is 35.5. The van der Waals surface area contributed by atoms with E-state index in [0.717, 1.165) is 0 Å². The number of carbonyl (C=O) groups is 2. The van der Waals surface area contributed by atoms with Gasteiger partial charge in [0.25, 0.3) is 0 Å². The maximum absolute atomic E-state index is 15.5. The lowest BCUT2D eigenvalue weighted by Gasteiger charge is -2.32. The standard InChI is InChI=1S/C24H17ClF7N5O4/c25-16-17-10(4-12(26)18(16)36-3-1-2-9(7-36)15(29)6-33)19(38)11(22(39)41-23(40)24(30,31)32)8-37(17)21-14(28)5-13(27)20(34)35-21/h4-5,8H,1-3,6-7,33H2,(H2,34,35)/b15-9+. The lowest BCUT2D eigenvalue weighted by Crippen LogP contribution is -2.33. The molecule has 3 heterocycles. The van der Waals surface area contributed by atoms with Gasteiger partial charge in [-0.05, 0) is 24.5 Å². The van der Waals surface area contributed by atoms with Gasteiger partial charge in [-0.2, -0.15) is 13.2 Å². The number of alkyl halides is 3. The van der Waals surface area contributed by atoms with Gasteiger partial charge in [-0.1, -0.05) is 11.6 Å². The number of esters is 2. The molecule has 17 heteroatoms. The van der Waals surface area contributed by atoms with Crippen molar-refractivity contribution >= 4 is 45.9 Å². The summed E-state index contributed by atoms with van der Waals surface area (Å²) in [6, 6.07) is 0.836. The molecule has 0 saturated carbocycles. The Kier molecular flexibility index (Phi) is 8.00. The molecule has 4 rings (SSSR count). The topological polar surface area (TPSA) is 134 Å². The molecule has 0 spiro atoms. The highest BCUT2D eigenvalue weighted by Gasteiger charge is 2.43. The number of piperidine rings is 1. The zero-order valence-electron chi connectivity index (χ0n) is 20.4. The van der Waals surface area contributed by atoms with Crippen LogP contribution in [0.25, 0.3) is 16.7 Å². The van der Waals surface area contributed by atoms with E-state index in [4.69, 9.17) is 23.1 Å². The Morgan fingerprint density at radius 3 is 2.44 bits per heavy atom. The van der Waals surface area contributed by atoms with Gasteiger partial charge in [-0.3, -0.25) is 9.36 Å². The van der Waals surface area contributed by atoms with Crippen LogP contribution in [0, 0.1) is 17.5 Å². The normalized spacial score (nSPS) is 15.3. The van der Waals surface area contributed by atoms with Crippen LogP contribution in [0.4, 0.5) is 42.2 Å². The van der Waals surface area contributed by atoms with Crippen molar-refractivity contribution in [3.05, 3.63) is 68.0 Å². The third-order valence-corrected chi connectivity index (χ3v) is 6.49. The number of hydrogen-bond acceptors (Lipinski definition) is 8. The Morgan fingerprint density at radius 1 is 1.12 bits per heavy atom. The largest absolute Gasteiger partial charge is 0.491 e. The molecule has 0 unspecified atom stereocenters. The number of halogens is 8. The molecule has 1 aliphatic heterocycles. The summed E-state index contributed by atoms with van der Waals surface area (Å²) in [5.74, 6) is -11.4. The SMILES string of the molecule is NC/C(F)=C1/CCCN(c2c(F)cc3c(=O)c(C(=O)OC(=O)C(F)(F)F)cn(-c4nc(N)c(F)cc4F)c3c2Cl)C1. The number of ether oxygens (including phenoxy) is 1. The summed E-state index contributed by atoms with van der Waals surface area (Å²) in [5, 5.41) is -1.36. The second-order valence-electron chi connectivity index (χ2n) is 8.73. The highest BCUT2D eigenvalue weighted by Crippen LogP contribution is 2.39. The summed E-state index contributed by atoms with van der Waals surface area (Å²) in [4.78, 5) is 41.6. The zero-order valence-corrected chi connectivity index (χ0v) is 21.2. The van der Waals surface area contributed by atoms with E-state index in [0.29, 0.717) is 29.7 Å². The predicted molar refractivity (Wildman–Crippen MR) is 132 cm³/mol. The van der Waals surface area contributed by atoms with Gasteiger partial charge in [0.15, 0.2) is 23.3 Å². The number of carbonyl (C=O) groups excluding carboxylic acids is 2. The molecule has 9 nitrogen and oxygen atoms in total. The van der Waals surface area contributed by atoms with E-state index in [2.05, 4.69) is 9.72 Å². The van der Waals surface area contributed by atoms with E-state index in [1.807, 2.05) is 0 Å². The van der Waals surface area contributed by atoms with Gasteiger partial charge in [0.2, 0.25) is 5.43 Å². The molecular formula is C24H17ClF7N5O4. The molecule has 0 amide bonds. The second kappa shape index (κ2) is 11.0. The van der Waals surface area contributed by atoms with Crippen molar-refractivity contribution in [3.63, 3.8) is 0 Å². The zero-order chi connectivity index (χ0) is 30.4. The van der Waals surface area contributed by atoms with Crippen molar-refractivity contribution in [1.82, 2.24) is 9.55 Å². The number of anilines is 2. The highest BCUT2D eigenvalue weighted by molar-refractivity contribution is 6.38. The Labute approximate surface area is 229 Å². The van der Waals surface area contributed by atoms with Crippen molar-refractivity contribution in [2.24, 2.45) is 5.73 Å². The molecule has 0 aliphatic carbocycles. The van der Waals surface area contributed by atoms with Crippen LogP contribution in [0.2, 0.25) is 5.02 Å². The monoisotopic (exact) mass is 607 g/mol. The molecule has 3 aromatic rings. The average molecular weight is 608 g/mol. The van der Waals surface area contributed by atoms with Crippen LogP contribution >= 0.6 is 11.6 Å². The fraction of sp³-hybridized carbons (Fsp3) is 0.250. The summed E-state index contributed by atoms with van der Waals surface area (Å²) >= 11 is 6.52. The first-order chi connectivity index (χ1) is 19.1. The van der Waals surface area contributed by atoms with Crippen molar-refractivity contribution in [3.8, 4) is 5.82 Å². The fourth-order valence-electron chi connectivity index (χ4n) is 4.27. The quantitative estimate of drug-likeness (QED) is 0.258. The summed E-state index contributed by atoms with van der Waals surface area (Å²) < 4.78 is 101.